The molecule has 1 aromatic rings. The normalized spacial score (nSPS) is 13.1. The number of hydrogen-bond acceptors (Lipinski definition) is 3. The quantitative estimate of drug-likeness (QED) is 0.831. The molecule has 9 heteroatoms. The highest BCUT2D eigenvalue weighted by Gasteiger charge is 2.27. The summed E-state index contributed by atoms with van der Waals surface area (Å²) in [7, 11) is -4.43. The third-order valence-electron chi connectivity index (χ3n) is 1.80. The predicted octanol–water partition coefficient (Wildman–Crippen LogP) is 1.39. The van der Waals surface area contributed by atoms with Crippen molar-refractivity contribution in [2.75, 3.05) is 0 Å². The van der Waals surface area contributed by atoms with E-state index >= 15 is 0 Å². The van der Waals surface area contributed by atoms with Crippen LogP contribution in [0.1, 0.15) is 12.1 Å². The van der Waals surface area contributed by atoms with E-state index in [1.807, 2.05) is 0 Å². The summed E-state index contributed by atoms with van der Waals surface area (Å²) in [6.07, 6.45) is -4.58. The Morgan fingerprint density at radius 1 is 1.50 bits per heavy atom. The molecule has 92 valence electrons. The maximum atomic E-state index is 11.9. The summed E-state index contributed by atoms with van der Waals surface area (Å²) in [6.45, 7) is 0.799. The fraction of sp³-hybridized carbons (Fsp3) is 0.571. The Bertz CT molecular complexity index is 478. The molecule has 0 fully saturated rings. The molecule has 0 saturated heterocycles. The summed E-state index contributed by atoms with van der Waals surface area (Å²) >= 11 is 0. The number of aromatic nitrogens is 2. The van der Waals surface area contributed by atoms with Crippen LogP contribution in [0.2, 0.25) is 0 Å². The molecular formula is C7H9F3N2O3S. The van der Waals surface area contributed by atoms with E-state index in [4.69, 9.17) is 4.55 Å². The summed E-state index contributed by atoms with van der Waals surface area (Å²) < 4.78 is 66.7. The van der Waals surface area contributed by atoms with Gasteiger partial charge in [0.05, 0.1) is 12.1 Å². The number of rotatable bonds is 3. The molecule has 0 saturated carbocycles. The first kappa shape index (κ1) is 13.0. The van der Waals surface area contributed by atoms with Crippen LogP contribution in [0, 0.1) is 6.92 Å². The Labute approximate surface area is 89.6 Å². The van der Waals surface area contributed by atoms with Crippen LogP contribution in [0.25, 0.3) is 0 Å². The van der Waals surface area contributed by atoms with Gasteiger partial charge >= 0.3 is 6.18 Å². The summed E-state index contributed by atoms with van der Waals surface area (Å²) in [5, 5.41) is 3.56. The molecule has 0 aliphatic rings. The van der Waals surface area contributed by atoms with Crippen LogP contribution >= 0.6 is 0 Å². The van der Waals surface area contributed by atoms with Crippen molar-refractivity contribution in [1.29, 1.82) is 0 Å². The van der Waals surface area contributed by atoms with Gasteiger partial charge in [-0.2, -0.15) is 26.7 Å². The lowest BCUT2D eigenvalue weighted by molar-refractivity contribution is -0.137. The van der Waals surface area contributed by atoms with E-state index in [1.165, 1.54) is 6.92 Å². The average molecular weight is 258 g/mol. The van der Waals surface area contributed by atoms with Crippen LogP contribution in [0.15, 0.2) is 11.1 Å². The van der Waals surface area contributed by atoms with E-state index in [-0.39, 0.29) is 5.69 Å². The average Bonchev–Trinajstić information content (AvgIpc) is 2.41. The van der Waals surface area contributed by atoms with Gasteiger partial charge in [-0.1, -0.05) is 0 Å². The Kier molecular flexibility index (Phi) is 3.29. The van der Waals surface area contributed by atoms with E-state index in [9.17, 15) is 21.6 Å². The maximum absolute atomic E-state index is 11.9. The molecule has 0 radical (unpaired) electrons. The highest BCUT2D eigenvalue weighted by Crippen LogP contribution is 2.21. The minimum absolute atomic E-state index is 0.0373. The van der Waals surface area contributed by atoms with Gasteiger partial charge in [0, 0.05) is 12.7 Å². The fourth-order valence-corrected chi connectivity index (χ4v) is 1.78. The number of halogens is 3. The van der Waals surface area contributed by atoms with Crippen LogP contribution in [0.4, 0.5) is 13.2 Å². The largest absolute Gasteiger partial charge is 0.390 e. The van der Waals surface area contributed by atoms with Gasteiger partial charge < -0.3 is 0 Å². The second-order valence-corrected chi connectivity index (χ2v) is 4.57. The van der Waals surface area contributed by atoms with Gasteiger partial charge in [0.15, 0.2) is 0 Å². The van der Waals surface area contributed by atoms with Gasteiger partial charge in [-0.15, -0.1) is 0 Å². The first-order chi connectivity index (χ1) is 7.09. The molecule has 0 aliphatic carbocycles. The molecular weight excluding hydrogens is 249 g/mol. The molecule has 1 N–H and O–H groups in total. The maximum Gasteiger partial charge on any atom is 0.390 e. The predicted molar refractivity (Wildman–Crippen MR) is 47.5 cm³/mol. The first-order valence-corrected chi connectivity index (χ1v) is 5.62. The SMILES string of the molecule is Cc1nn(CCC(F)(F)F)cc1S(=O)(=O)O. The van der Waals surface area contributed by atoms with Crippen molar-refractivity contribution < 1.29 is 26.1 Å². The van der Waals surface area contributed by atoms with Gasteiger partial charge in [0.1, 0.15) is 4.90 Å². The van der Waals surface area contributed by atoms with Gasteiger partial charge in [0.25, 0.3) is 10.1 Å². The molecule has 1 aromatic heterocycles. The van der Waals surface area contributed by atoms with E-state index in [2.05, 4.69) is 5.10 Å². The van der Waals surface area contributed by atoms with E-state index in [0.29, 0.717) is 0 Å². The smallest absolute Gasteiger partial charge is 0.282 e. The van der Waals surface area contributed by atoms with Crippen LogP contribution in [0.5, 0.6) is 0 Å². The summed E-state index contributed by atoms with van der Waals surface area (Å²) in [6, 6.07) is 0. The van der Waals surface area contributed by atoms with Crippen LogP contribution in [0.3, 0.4) is 0 Å². The lowest BCUT2D eigenvalue weighted by Gasteiger charge is -2.05. The van der Waals surface area contributed by atoms with Crippen molar-refractivity contribution >= 4 is 10.1 Å². The zero-order valence-electron chi connectivity index (χ0n) is 8.19. The molecule has 16 heavy (non-hydrogen) atoms. The highest BCUT2D eigenvalue weighted by atomic mass is 32.2. The Morgan fingerprint density at radius 2 is 2.06 bits per heavy atom. The molecule has 1 heterocycles. The lowest BCUT2D eigenvalue weighted by Crippen LogP contribution is -2.12. The molecule has 0 atom stereocenters. The zero-order chi connectivity index (χ0) is 12.6. The fourth-order valence-electron chi connectivity index (χ4n) is 1.11. The molecule has 0 amide bonds. The zero-order valence-corrected chi connectivity index (χ0v) is 9.01. The van der Waals surface area contributed by atoms with Crippen molar-refractivity contribution in [2.24, 2.45) is 0 Å². The third kappa shape index (κ3) is 3.49. The Morgan fingerprint density at radius 3 is 2.44 bits per heavy atom. The number of alkyl halides is 3. The second-order valence-electron chi connectivity index (χ2n) is 3.18. The summed E-state index contributed by atoms with van der Waals surface area (Å²) in [4.78, 5) is -0.477. The van der Waals surface area contributed by atoms with E-state index in [0.717, 1.165) is 10.9 Å². The molecule has 0 bridgehead atoms. The van der Waals surface area contributed by atoms with Gasteiger partial charge in [0.2, 0.25) is 0 Å². The minimum atomic E-state index is -4.43. The van der Waals surface area contributed by atoms with Crippen molar-refractivity contribution in [1.82, 2.24) is 9.78 Å². The van der Waals surface area contributed by atoms with E-state index in [1.54, 1.807) is 0 Å². The highest BCUT2D eigenvalue weighted by molar-refractivity contribution is 7.85. The van der Waals surface area contributed by atoms with Crippen molar-refractivity contribution in [3.63, 3.8) is 0 Å². The van der Waals surface area contributed by atoms with Crippen LogP contribution in [-0.2, 0) is 16.7 Å². The standard InChI is InChI=1S/C7H9F3N2O3S/c1-5-6(16(13,14)15)4-12(11-5)3-2-7(8,9)10/h4H,2-3H2,1H3,(H,13,14,15). The Hall–Kier alpha value is -1.09. The number of aryl methyl sites for hydroxylation is 2. The summed E-state index contributed by atoms with van der Waals surface area (Å²) in [5.74, 6) is 0. The number of nitrogens with zero attached hydrogens (tertiary/aromatic N) is 2. The number of hydrogen-bond donors (Lipinski definition) is 1. The van der Waals surface area contributed by atoms with Gasteiger partial charge in [-0.25, -0.2) is 0 Å². The summed E-state index contributed by atoms with van der Waals surface area (Å²) in [5.41, 5.74) is -0.0373. The van der Waals surface area contributed by atoms with Gasteiger partial charge in [-0.05, 0) is 6.92 Å². The molecule has 0 spiro atoms. The molecule has 0 unspecified atom stereocenters. The van der Waals surface area contributed by atoms with E-state index < -0.39 is 34.2 Å². The molecule has 0 aromatic carbocycles. The van der Waals surface area contributed by atoms with Crippen molar-refractivity contribution in [3.8, 4) is 0 Å². The third-order valence-corrected chi connectivity index (χ3v) is 2.76. The van der Waals surface area contributed by atoms with Crippen molar-refractivity contribution in [2.45, 2.75) is 31.0 Å². The Balaban J connectivity index is 2.87. The van der Waals surface area contributed by atoms with Crippen LogP contribution < -0.4 is 0 Å². The van der Waals surface area contributed by atoms with Crippen LogP contribution in [-0.4, -0.2) is 28.9 Å². The van der Waals surface area contributed by atoms with Crippen molar-refractivity contribution in [3.05, 3.63) is 11.9 Å². The second kappa shape index (κ2) is 4.06. The van der Waals surface area contributed by atoms with Gasteiger partial charge in [-0.3, -0.25) is 9.23 Å². The topological polar surface area (TPSA) is 72.2 Å². The molecule has 1 rings (SSSR count). The molecule has 5 nitrogen and oxygen atoms in total. The monoisotopic (exact) mass is 258 g/mol. The first-order valence-electron chi connectivity index (χ1n) is 4.18. The minimum Gasteiger partial charge on any atom is -0.282 e. The molecule has 0 aliphatic heterocycles. The lowest BCUT2D eigenvalue weighted by atomic mass is 10.4.